The number of hydrogen-bond acceptors (Lipinski definition) is 0. The van der Waals surface area contributed by atoms with Crippen molar-refractivity contribution in [2.75, 3.05) is 0 Å². The second kappa shape index (κ2) is 14.5. The maximum atomic E-state index is 2.16. The molecular formula is C7H11Cl3SiTi. The molecule has 1 aromatic rings. The first kappa shape index (κ1) is 23.1. The van der Waals surface area contributed by atoms with Crippen LogP contribution in [-0.2, 0) is 25.2 Å². The van der Waals surface area contributed by atoms with E-state index in [0.717, 1.165) is 4.73 Å². The summed E-state index contributed by atoms with van der Waals surface area (Å²) in [5.41, 5.74) is 1.41. The molecule has 0 bridgehead atoms. The van der Waals surface area contributed by atoms with Crippen molar-refractivity contribution >= 4 is 11.0 Å². The molecule has 68 valence electrons. The van der Waals surface area contributed by atoms with Crippen molar-refractivity contribution in [1.29, 1.82) is 0 Å². The minimum absolute atomic E-state index is 0. The van der Waals surface area contributed by atoms with E-state index < -0.39 is 0 Å². The molecule has 0 heterocycles. The van der Waals surface area contributed by atoms with E-state index in [1.54, 1.807) is 0 Å². The Morgan fingerprint density at radius 2 is 1.33 bits per heavy atom. The Kier molecular flexibility index (Phi) is 28.0. The maximum absolute atomic E-state index is 2.16. The molecule has 0 saturated carbocycles. The Morgan fingerprint density at radius 1 is 0.917 bits per heavy atom. The fourth-order valence-electron chi connectivity index (χ4n) is 0.596. The van der Waals surface area contributed by atoms with Gasteiger partial charge in [-0.25, -0.2) is 0 Å². The third kappa shape index (κ3) is 9.11. The summed E-state index contributed by atoms with van der Waals surface area (Å²) >= 11 is 2.16. The van der Waals surface area contributed by atoms with E-state index in [1.807, 2.05) is 6.07 Å². The quantitative estimate of drug-likeness (QED) is 0.447. The van der Waals surface area contributed by atoms with Crippen LogP contribution in [0.3, 0.4) is 0 Å². The van der Waals surface area contributed by atoms with Gasteiger partial charge >= 0.3 is 61.1 Å². The Morgan fingerprint density at radius 3 is 1.58 bits per heavy atom. The number of halogens is 3. The van der Waals surface area contributed by atoms with Crippen molar-refractivity contribution < 1.29 is 57.7 Å². The molecule has 0 unspecified atom stereocenters. The second-order valence-corrected chi connectivity index (χ2v) is 2.21. The number of rotatable bonds is 1. The van der Waals surface area contributed by atoms with Crippen molar-refractivity contribution in [3.8, 4) is 0 Å². The monoisotopic (exact) mass is 276 g/mol. The molecule has 0 aliphatic heterocycles. The van der Waals surface area contributed by atoms with Crippen LogP contribution >= 0.6 is 0 Å². The molecule has 0 spiro atoms. The van der Waals surface area contributed by atoms with Crippen LogP contribution in [0.1, 0.15) is 5.56 Å². The van der Waals surface area contributed by atoms with Gasteiger partial charge in [0.2, 0.25) is 0 Å². The van der Waals surface area contributed by atoms with E-state index in [0.29, 0.717) is 0 Å². The summed E-state index contributed by atoms with van der Waals surface area (Å²) in [5, 5.41) is 0. The summed E-state index contributed by atoms with van der Waals surface area (Å²) < 4.78 is 1.14. The van der Waals surface area contributed by atoms with E-state index >= 15 is 0 Å². The zero-order valence-corrected chi connectivity index (χ0v) is 9.56. The standard InChI is InChI=1S/C7H7.3ClH.H4Si.Ti/c1-7-5-3-2-4-6-7;;;;;/h2-6H,1H2;3*1H;1H4;/q;;;;;+3/p-3. The molecule has 5 heteroatoms. The van der Waals surface area contributed by atoms with E-state index in [1.165, 1.54) is 5.56 Å². The fraction of sp³-hybridized carbons (Fsp3) is 0.143. The first-order chi connectivity index (χ1) is 3.93. The van der Waals surface area contributed by atoms with Crippen LogP contribution in [0, 0.1) is 0 Å². The molecule has 1 rings (SSSR count). The van der Waals surface area contributed by atoms with Gasteiger partial charge in [0.05, 0.1) is 0 Å². The van der Waals surface area contributed by atoms with Crippen molar-refractivity contribution in [2.24, 2.45) is 0 Å². The van der Waals surface area contributed by atoms with Gasteiger partial charge < -0.3 is 37.2 Å². The van der Waals surface area contributed by atoms with Gasteiger partial charge in [0, 0.05) is 0 Å². The first-order valence-electron chi connectivity index (χ1n) is 2.62. The van der Waals surface area contributed by atoms with Crippen LogP contribution in [0.15, 0.2) is 30.3 Å². The van der Waals surface area contributed by atoms with Crippen LogP contribution in [-0.4, -0.2) is 11.0 Å². The van der Waals surface area contributed by atoms with Gasteiger partial charge in [-0.2, -0.15) is 0 Å². The van der Waals surface area contributed by atoms with E-state index in [4.69, 9.17) is 0 Å². The molecule has 0 N–H and O–H groups in total. The molecule has 0 radical (unpaired) electrons. The summed E-state index contributed by atoms with van der Waals surface area (Å²) in [6.07, 6.45) is 0. The van der Waals surface area contributed by atoms with Crippen LogP contribution < -0.4 is 37.2 Å². The van der Waals surface area contributed by atoms with Crippen LogP contribution in [0.25, 0.3) is 0 Å². The third-order valence-electron chi connectivity index (χ3n) is 1.05. The minimum atomic E-state index is 0. The number of hydrogen-bond donors (Lipinski definition) is 0. The fourth-order valence-corrected chi connectivity index (χ4v) is 0.964. The van der Waals surface area contributed by atoms with Gasteiger partial charge in [-0.15, -0.1) is 0 Å². The van der Waals surface area contributed by atoms with Gasteiger partial charge in [-0.1, -0.05) is 0 Å². The Bertz CT molecular complexity index is 160. The van der Waals surface area contributed by atoms with Crippen molar-refractivity contribution in [3.63, 3.8) is 0 Å². The molecule has 0 atom stereocenters. The molecule has 0 amide bonds. The van der Waals surface area contributed by atoms with Gasteiger partial charge in [0.15, 0.2) is 0 Å². The zero-order chi connectivity index (χ0) is 5.82. The predicted octanol–water partition coefficient (Wildman–Crippen LogP) is -8.71. The number of benzene rings is 1. The zero-order valence-electron chi connectivity index (χ0n) is 5.73. The van der Waals surface area contributed by atoms with E-state index in [9.17, 15) is 0 Å². The van der Waals surface area contributed by atoms with Gasteiger partial charge in [0.25, 0.3) is 0 Å². The Labute approximate surface area is 109 Å². The first-order valence-corrected chi connectivity index (χ1v) is 3.72. The average Bonchev–Trinajstić information content (AvgIpc) is 1.90. The molecule has 0 saturated heterocycles. The summed E-state index contributed by atoms with van der Waals surface area (Å²) in [7, 11) is 0. The molecule has 0 aromatic heterocycles. The molecule has 0 aliphatic carbocycles. The molecule has 1 aromatic carbocycles. The molecule has 12 heavy (non-hydrogen) atoms. The average molecular weight is 277 g/mol. The summed E-state index contributed by atoms with van der Waals surface area (Å²) in [6.45, 7) is 0. The Balaban J connectivity index is -0.0000000800. The summed E-state index contributed by atoms with van der Waals surface area (Å²) in [5.74, 6) is 0. The molecule has 0 nitrogen and oxygen atoms in total. The predicted molar refractivity (Wildman–Crippen MR) is 41.5 cm³/mol. The van der Waals surface area contributed by atoms with Crippen molar-refractivity contribution in [2.45, 2.75) is 4.73 Å². The van der Waals surface area contributed by atoms with Crippen molar-refractivity contribution in [1.82, 2.24) is 0 Å². The third-order valence-corrected chi connectivity index (χ3v) is 1.68. The van der Waals surface area contributed by atoms with Gasteiger partial charge in [0.1, 0.15) is 0 Å². The van der Waals surface area contributed by atoms with E-state index in [2.05, 4.69) is 44.7 Å². The summed E-state index contributed by atoms with van der Waals surface area (Å²) in [4.78, 5) is 0. The van der Waals surface area contributed by atoms with Gasteiger partial charge in [-0.3, -0.25) is 0 Å². The van der Waals surface area contributed by atoms with E-state index in [-0.39, 0.29) is 48.2 Å². The van der Waals surface area contributed by atoms with Crippen LogP contribution in [0.4, 0.5) is 0 Å². The second-order valence-electron chi connectivity index (χ2n) is 1.66. The summed E-state index contributed by atoms with van der Waals surface area (Å²) in [6, 6.07) is 10.5. The van der Waals surface area contributed by atoms with Crippen LogP contribution in [0.2, 0.25) is 0 Å². The topological polar surface area (TPSA) is 0 Å². The SMILES string of the molecule is [Cl-].[Cl-].[Cl-].[SiH4].[Ti+3][CH2]c1ccccc1. The molecule has 0 fully saturated rings. The van der Waals surface area contributed by atoms with Gasteiger partial charge in [-0.05, 0) is 11.0 Å². The normalized spacial score (nSPS) is 6.17. The van der Waals surface area contributed by atoms with Crippen LogP contribution in [0.5, 0.6) is 0 Å². The van der Waals surface area contributed by atoms with Crippen molar-refractivity contribution in [3.05, 3.63) is 35.9 Å². The molecule has 0 aliphatic rings. The Hall–Kier alpha value is 1.02. The molecular weight excluding hydrogens is 266 g/mol.